The predicted octanol–water partition coefficient (Wildman–Crippen LogP) is 1.91. The van der Waals surface area contributed by atoms with E-state index in [0.29, 0.717) is 44.8 Å². The summed E-state index contributed by atoms with van der Waals surface area (Å²) in [6.07, 6.45) is 4.46. The maximum atomic E-state index is 12.5. The molecule has 1 heterocycles. The summed E-state index contributed by atoms with van der Waals surface area (Å²) < 4.78 is 10.7. The number of ether oxygens (including phenoxy) is 2. The lowest BCUT2D eigenvalue weighted by Crippen LogP contribution is -2.37. The first kappa shape index (κ1) is 23.3. The van der Waals surface area contributed by atoms with Gasteiger partial charge in [0.2, 0.25) is 11.8 Å². The molecule has 2 N–H and O–H groups in total. The van der Waals surface area contributed by atoms with Crippen molar-refractivity contribution in [3.05, 3.63) is 23.3 Å². The number of benzene rings is 1. The number of halogens is 1. The van der Waals surface area contributed by atoms with E-state index in [1.165, 1.54) is 18.4 Å². The normalized spacial score (nSPS) is 15.2. The maximum Gasteiger partial charge on any atom is 0.233 e. The second-order valence-corrected chi connectivity index (χ2v) is 7.57. The van der Waals surface area contributed by atoms with Gasteiger partial charge in [-0.3, -0.25) is 9.59 Å². The van der Waals surface area contributed by atoms with Crippen molar-refractivity contribution in [3.63, 3.8) is 0 Å². The average molecular weight is 426 g/mol. The van der Waals surface area contributed by atoms with Crippen molar-refractivity contribution in [2.45, 2.75) is 38.6 Å². The second-order valence-electron chi connectivity index (χ2n) is 7.57. The molecule has 0 bridgehead atoms. The lowest BCUT2D eigenvalue weighted by Gasteiger charge is -2.29. The third kappa shape index (κ3) is 6.78. The Morgan fingerprint density at radius 3 is 2.48 bits per heavy atom. The fourth-order valence-electron chi connectivity index (χ4n) is 3.50. The van der Waals surface area contributed by atoms with Crippen LogP contribution in [0, 0.1) is 5.92 Å². The third-order valence-corrected chi connectivity index (χ3v) is 5.38. The highest BCUT2D eigenvalue weighted by Crippen LogP contribution is 2.33. The van der Waals surface area contributed by atoms with Crippen molar-refractivity contribution in [1.29, 1.82) is 0 Å². The number of fused-ring (bicyclic) bond motifs is 1. The summed E-state index contributed by atoms with van der Waals surface area (Å²) in [4.78, 5) is 26.2. The lowest BCUT2D eigenvalue weighted by molar-refractivity contribution is -0.132. The van der Waals surface area contributed by atoms with E-state index in [9.17, 15) is 9.59 Å². The summed E-state index contributed by atoms with van der Waals surface area (Å²) in [5.41, 5.74) is 2.31. The molecule has 7 nitrogen and oxygen atoms in total. The molecule has 0 unspecified atom stereocenters. The molecule has 1 aromatic rings. The Labute approximate surface area is 178 Å². The van der Waals surface area contributed by atoms with Crippen molar-refractivity contribution in [2.24, 2.45) is 5.92 Å². The van der Waals surface area contributed by atoms with Crippen molar-refractivity contribution in [3.8, 4) is 11.5 Å². The first-order valence-electron chi connectivity index (χ1n) is 10.1. The fourth-order valence-corrected chi connectivity index (χ4v) is 3.50. The van der Waals surface area contributed by atoms with E-state index in [-0.39, 0.29) is 24.2 Å². The molecular formula is C21H32ClN3O4. The summed E-state index contributed by atoms with van der Waals surface area (Å²) in [5, 5.41) is 6.04. The largest absolute Gasteiger partial charge is 0.493 e. The molecule has 2 aliphatic rings. The summed E-state index contributed by atoms with van der Waals surface area (Å²) in [6, 6.07) is 3.96. The Kier molecular flexibility index (Phi) is 9.04. The van der Waals surface area contributed by atoms with E-state index >= 15 is 0 Å². The number of nitrogens with zero attached hydrogens (tertiary/aromatic N) is 1. The van der Waals surface area contributed by atoms with Gasteiger partial charge in [-0.1, -0.05) is 0 Å². The molecule has 0 spiro atoms. The van der Waals surface area contributed by atoms with Crippen molar-refractivity contribution in [1.82, 2.24) is 15.5 Å². The van der Waals surface area contributed by atoms with Crippen LogP contribution < -0.4 is 20.1 Å². The number of rotatable bonds is 10. The van der Waals surface area contributed by atoms with Crippen molar-refractivity contribution >= 4 is 24.2 Å². The molecular weight excluding hydrogens is 394 g/mol. The van der Waals surface area contributed by atoms with E-state index < -0.39 is 0 Å². The van der Waals surface area contributed by atoms with Gasteiger partial charge in [-0.05, 0) is 61.4 Å². The van der Waals surface area contributed by atoms with Gasteiger partial charge in [-0.2, -0.15) is 0 Å². The number of hydrogen-bond donors (Lipinski definition) is 2. The van der Waals surface area contributed by atoms with E-state index in [1.54, 1.807) is 14.2 Å². The molecule has 3 rings (SSSR count). The number of hydrogen-bond acceptors (Lipinski definition) is 5. The minimum Gasteiger partial charge on any atom is -0.493 e. The van der Waals surface area contributed by atoms with Crippen LogP contribution in [0.15, 0.2) is 12.1 Å². The smallest absolute Gasteiger partial charge is 0.233 e. The number of nitrogens with one attached hydrogen (secondary N) is 2. The third-order valence-electron chi connectivity index (χ3n) is 5.38. The van der Waals surface area contributed by atoms with Gasteiger partial charge in [-0.25, -0.2) is 0 Å². The monoisotopic (exact) mass is 425 g/mol. The highest BCUT2D eigenvalue weighted by atomic mass is 35.5. The number of methoxy groups -OCH3 is 2. The predicted molar refractivity (Wildman–Crippen MR) is 114 cm³/mol. The maximum absolute atomic E-state index is 12.5. The molecule has 1 aliphatic heterocycles. The molecule has 1 fully saturated rings. The van der Waals surface area contributed by atoms with E-state index in [1.807, 2.05) is 17.0 Å². The molecule has 29 heavy (non-hydrogen) atoms. The highest BCUT2D eigenvalue weighted by molar-refractivity contribution is 5.85. The Bertz CT molecular complexity index is 709. The van der Waals surface area contributed by atoms with Gasteiger partial charge in [0.05, 0.1) is 20.8 Å². The van der Waals surface area contributed by atoms with Gasteiger partial charge in [0.1, 0.15) is 0 Å². The first-order valence-corrected chi connectivity index (χ1v) is 10.1. The zero-order valence-corrected chi connectivity index (χ0v) is 18.1. The van der Waals surface area contributed by atoms with Crippen LogP contribution >= 0.6 is 12.4 Å². The number of amides is 2. The molecule has 1 aromatic carbocycles. The molecule has 0 saturated heterocycles. The van der Waals surface area contributed by atoms with Crippen LogP contribution in [0.1, 0.15) is 36.8 Å². The molecule has 2 amide bonds. The van der Waals surface area contributed by atoms with Crippen LogP contribution in [-0.4, -0.2) is 57.1 Å². The van der Waals surface area contributed by atoms with E-state index in [0.717, 1.165) is 30.2 Å². The second kappa shape index (κ2) is 11.3. The van der Waals surface area contributed by atoms with Gasteiger partial charge in [0, 0.05) is 26.1 Å². The Morgan fingerprint density at radius 1 is 1.14 bits per heavy atom. The summed E-state index contributed by atoms with van der Waals surface area (Å²) in [5.74, 6) is 2.31. The van der Waals surface area contributed by atoms with Crippen LogP contribution in [0.4, 0.5) is 0 Å². The van der Waals surface area contributed by atoms with Crippen molar-refractivity contribution in [2.75, 3.05) is 40.4 Å². The molecule has 8 heteroatoms. The SMILES string of the molecule is COc1cc2c(cc1OC)CN(C(=O)CCCNC(=O)CNCC1CC1)CC2.Cl. The summed E-state index contributed by atoms with van der Waals surface area (Å²) in [6.45, 7) is 3.12. The number of carbonyl (C=O) groups excluding carboxylic acids is 2. The van der Waals surface area contributed by atoms with E-state index in [2.05, 4.69) is 10.6 Å². The van der Waals surface area contributed by atoms with Crippen LogP contribution in [0.25, 0.3) is 0 Å². The zero-order valence-electron chi connectivity index (χ0n) is 17.3. The summed E-state index contributed by atoms with van der Waals surface area (Å²) >= 11 is 0. The Balaban J connectivity index is 0.00000300. The Hall–Kier alpha value is -1.99. The molecule has 0 aromatic heterocycles. The number of carbonyl (C=O) groups is 2. The fraction of sp³-hybridized carbons (Fsp3) is 0.619. The quantitative estimate of drug-likeness (QED) is 0.560. The minimum atomic E-state index is 0. The van der Waals surface area contributed by atoms with Crippen LogP contribution in [0.5, 0.6) is 11.5 Å². The molecule has 0 atom stereocenters. The highest BCUT2D eigenvalue weighted by Gasteiger charge is 2.23. The van der Waals surface area contributed by atoms with Crippen molar-refractivity contribution < 1.29 is 19.1 Å². The van der Waals surface area contributed by atoms with Gasteiger partial charge in [-0.15, -0.1) is 12.4 Å². The van der Waals surface area contributed by atoms with Crippen LogP contribution in [-0.2, 0) is 22.6 Å². The standard InChI is InChI=1S/C21H31N3O4.ClH/c1-27-18-10-16-7-9-24(14-17(16)11-19(18)28-2)21(26)4-3-8-23-20(25)13-22-12-15-5-6-15;/h10-11,15,22H,3-9,12-14H2,1-2H3,(H,23,25);1H. The lowest BCUT2D eigenvalue weighted by atomic mass is 9.98. The van der Waals surface area contributed by atoms with Gasteiger partial charge < -0.3 is 25.0 Å². The molecule has 1 aliphatic carbocycles. The van der Waals surface area contributed by atoms with E-state index in [4.69, 9.17) is 9.47 Å². The first-order chi connectivity index (χ1) is 13.6. The Morgan fingerprint density at radius 2 is 1.83 bits per heavy atom. The molecule has 1 saturated carbocycles. The van der Waals surface area contributed by atoms with Gasteiger partial charge in [0.25, 0.3) is 0 Å². The van der Waals surface area contributed by atoms with Gasteiger partial charge >= 0.3 is 0 Å². The summed E-state index contributed by atoms with van der Waals surface area (Å²) in [7, 11) is 3.25. The average Bonchev–Trinajstić information content (AvgIpc) is 3.53. The zero-order chi connectivity index (χ0) is 19.9. The van der Waals surface area contributed by atoms with Crippen LogP contribution in [0.2, 0.25) is 0 Å². The van der Waals surface area contributed by atoms with Crippen LogP contribution in [0.3, 0.4) is 0 Å². The molecule has 162 valence electrons. The van der Waals surface area contributed by atoms with Gasteiger partial charge in [0.15, 0.2) is 11.5 Å². The minimum absolute atomic E-state index is 0. The topological polar surface area (TPSA) is 79.9 Å². The molecule has 0 radical (unpaired) electrons.